The van der Waals surface area contributed by atoms with Crippen LogP contribution in [0.4, 0.5) is 18.9 Å². The third-order valence-electron chi connectivity index (χ3n) is 14.8. The first-order valence-corrected chi connectivity index (χ1v) is 24.5. The normalized spacial score (nSPS) is 11.7. The van der Waals surface area contributed by atoms with Gasteiger partial charge in [0.1, 0.15) is 0 Å². The van der Waals surface area contributed by atoms with Crippen molar-refractivity contribution in [1.29, 1.82) is 5.26 Å². The van der Waals surface area contributed by atoms with Crippen molar-refractivity contribution in [1.82, 2.24) is 9.13 Å². The predicted molar refractivity (Wildman–Crippen MR) is 297 cm³/mol. The Hall–Kier alpha value is -9.43. The highest BCUT2D eigenvalue weighted by Gasteiger charge is 2.37. The van der Waals surface area contributed by atoms with E-state index in [0.29, 0.717) is 16.7 Å². The first-order valence-electron chi connectivity index (χ1n) is 24.5. The monoisotopic (exact) mass is 962 g/mol. The number of alkyl halides is 3. The highest BCUT2D eigenvalue weighted by Crippen LogP contribution is 2.50. The van der Waals surface area contributed by atoms with E-state index in [1.807, 2.05) is 77.4 Å². The van der Waals surface area contributed by atoms with E-state index in [1.165, 1.54) is 12.1 Å². The molecule has 12 aromatic rings. The highest BCUT2D eigenvalue weighted by atomic mass is 19.4. The molecule has 0 amide bonds. The van der Waals surface area contributed by atoms with E-state index in [1.54, 1.807) is 12.1 Å². The van der Waals surface area contributed by atoms with Crippen LogP contribution in [0.15, 0.2) is 200 Å². The zero-order chi connectivity index (χ0) is 51.0. The van der Waals surface area contributed by atoms with E-state index in [2.05, 4.69) is 140 Å². The van der Waals surface area contributed by atoms with Gasteiger partial charge in [-0.15, -0.1) is 0 Å². The maximum Gasteiger partial charge on any atom is 0.417 e. The molecule has 2 aromatic heterocycles. The van der Waals surface area contributed by atoms with Crippen LogP contribution in [-0.4, -0.2) is 9.13 Å². The Labute approximate surface area is 426 Å². The average molecular weight is 963 g/mol. The van der Waals surface area contributed by atoms with E-state index in [4.69, 9.17) is 0 Å². The van der Waals surface area contributed by atoms with Crippen LogP contribution in [-0.2, 0) is 6.18 Å². The summed E-state index contributed by atoms with van der Waals surface area (Å²) in [6.45, 7) is 17.6. The second kappa shape index (κ2) is 17.7. The molecule has 4 nitrogen and oxygen atoms in total. The molecule has 2 heterocycles. The molecule has 0 bridgehead atoms. The quantitative estimate of drug-likeness (QED) is 0.147. The van der Waals surface area contributed by atoms with E-state index in [9.17, 15) is 11.8 Å². The first kappa shape index (κ1) is 45.7. The molecule has 354 valence electrons. The standard InChI is InChI=1S/C67H45F3N4/c1-40-15-6-10-20-49(40)44-25-30-59-54(35-44)55-36-45(50-21-11-7-16-41(50)2)26-31-60(55)73(59)63-34-29-53(64-48(39-71)19-14-24-58(64)67(68,69)70)66(65(63)72-5)74-61-32-27-46(51-22-12-8-17-42(51)3)37-56(61)57-38-47(28-33-62(57)74)52-23-13-9-18-43(52)4/h6-38H,1-4H3. The summed E-state index contributed by atoms with van der Waals surface area (Å²) in [6, 6.07) is 67.3. The SMILES string of the molecule is [C-]#[N+]c1c(-n2c3ccc(-c4ccccc4C)cc3c3cc(-c4ccccc4C)ccc32)ccc(-c2c(C#N)cccc2C(F)(F)F)c1-n1c2ccc(-c3ccccc3C)cc2c2cc(-c3ccccc3C)ccc21. The molecule has 0 spiro atoms. The molecule has 0 N–H and O–H groups in total. The van der Waals surface area contributed by atoms with Crippen molar-refractivity contribution in [3.8, 4) is 73.1 Å². The lowest BCUT2D eigenvalue weighted by molar-refractivity contribution is -0.137. The van der Waals surface area contributed by atoms with Crippen LogP contribution < -0.4 is 0 Å². The molecule has 0 aliphatic heterocycles. The summed E-state index contributed by atoms with van der Waals surface area (Å²) < 4.78 is 50.6. The van der Waals surface area contributed by atoms with Crippen LogP contribution in [0.3, 0.4) is 0 Å². The summed E-state index contributed by atoms with van der Waals surface area (Å²) in [6.07, 6.45) is -4.83. The number of hydrogen-bond acceptors (Lipinski definition) is 1. The summed E-state index contributed by atoms with van der Waals surface area (Å²) in [5.74, 6) is 0. The molecule has 0 fully saturated rings. The zero-order valence-electron chi connectivity index (χ0n) is 41.0. The van der Waals surface area contributed by atoms with Crippen LogP contribution in [0.2, 0.25) is 0 Å². The molecule has 10 aromatic carbocycles. The van der Waals surface area contributed by atoms with Gasteiger partial charge in [-0.3, -0.25) is 0 Å². The molecule has 0 radical (unpaired) electrons. The summed E-state index contributed by atoms with van der Waals surface area (Å²) in [5.41, 5.74) is 15.3. The fourth-order valence-electron chi connectivity index (χ4n) is 11.3. The molecule has 0 atom stereocenters. The van der Waals surface area contributed by atoms with Gasteiger partial charge in [-0.2, -0.15) is 18.4 Å². The highest BCUT2D eigenvalue weighted by molar-refractivity contribution is 6.15. The minimum Gasteiger partial charge on any atom is -0.319 e. The number of rotatable bonds is 7. The zero-order valence-corrected chi connectivity index (χ0v) is 41.0. The molecule has 0 saturated carbocycles. The van der Waals surface area contributed by atoms with E-state index >= 15 is 13.2 Å². The van der Waals surface area contributed by atoms with Crippen LogP contribution in [0.5, 0.6) is 0 Å². The van der Waals surface area contributed by atoms with E-state index in [0.717, 1.165) is 105 Å². The number of nitriles is 1. The van der Waals surface area contributed by atoms with Crippen LogP contribution in [0.25, 0.3) is 115 Å². The topological polar surface area (TPSA) is 38.0 Å². The average Bonchev–Trinajstić information content (AvgIpc) is 3.92. The fraction of sp³-hybridized carbons (Fsp3) is 0.0746. The smallest absolute Gasteiger partial charge is 0.319 e. The summed E-state index contributed by atoms with van der Waals surface area (Å²) in [7, 11) is 0. The molecule has 74 heavy (non-hydrogen) atoms. The second-order valence-corrected chi connectivity index (χ2v) is 19.1. The predicted octanol–water partition coefficient (Wildman–Crippen LogP) is 18.9. The van der Waals surface area contributed by atoms with E-state index in [-0.39, 0.29) is 28.1 Å². The first-order chi connectivity index (χ1) is 35.9. The Balaban J connectivity index is 1.23. The molecule has 12 rings (SSSR count). The third kappa shape index (κ3) is 7.36. The maximum absolute atomic E-state index is 15.5. The molecular weight excluding hydrogens is 918 g/mol. The Bertz CT molecular complexity index is 4180. The third-order valence-corrected chi connectivity index (χ3v) is 14.8. The molecule has 0 aliphatic carbocycles. The van der Waals surface area contributed by atoms with Gasteiger partial charge in [-0.05, 0) is 167 Å². The Morgan fingerprint density at radius 3 is 1.16 bits per heavy atom. The van der Waals surface area contributed by atoms with Crippen molar-refractivity contribution in [3.05, 3.63) is 245 Å². The minimum absolute atomic E-state index is 0.110. The lowest BCUT2D eigenvalue weighted by Crippen LogP contribution is -2.10. The van der Waals surface area contributed by atoms with Gasteiger partial charge in [0, 0.05) is 27.1 Å². The van der Waals surface area contributed by atoms with Crippen molar-refractivity contribution < 1.29 is 13.2 Å². The Kier molecular flexibility index (Phi) is 10.9. The van der Waals surface area contributed by atoms with Crippen LogP contribution in [0.1, 0.15) is 33.4 Å². The Morgan fingerprint density at radius 1 is 0.432 bits per heavy atom. The van der Waals surface area contributed by atoms with Gasteiger partial charge in [0.05, 0.1) is 57.2 Å². The number of fused-ring (bicyclic) bond motifs is 6. The number of halogens is 3. The number of aryl methyl sites for hydroxylation is 4. The van der Waals surface area contributed by atoms with Gasteiger partial charge in [0.25, 0.3) is 0 Å². The van der Waals surface area contributed by atoms with Crippen molar-refractivity contribution in [2.45, 2.75) is 33.9 Å². The van der Waals surface area contributed by atoms with Crippen molar-refractivity contribution >= 4 is 49.3 Å². The second-order valence-electron chi connectivity index (χ2n) is 19.1. The van der Waals surface area contributed by atoms with Gasteiger partial charge in [-0.1, -0.05) is 133 Å². The molecular formula is C67H45F3N4. The van der Waals surface area contributed by atoms with Gasteiger partial charge < -0.3 is 9.13 Å². The maximum atomic E-state index is 15.5. The largest absolute Gasteiger partial charge is 0.417 e. The summed E-state index contributed by atoms with van der Waals surface area (Å²) in [4.78, 5) is 4.39. The number of hydrogen-bond donors (Lipinski definition) is 0. The lowest BCUT2D eigenvalue weighted by atomic mass is 9.92. The fourth-order valence-corrected chi connectivity index (χ4v) is 11.3. The van der Waals surface area contributed by atoms with E-state index < -0.39 is 11.7 Å². The van der Waals surface area contributed by atoms with Crippen LogP contribution in [0, 0.1) is 45.6 Å². The van der Waals surface area contributed by atoms with Crippen molar-refractivity contribution in [3.63, 3.8) is 0 Å². The van der Waals surface area contributed by atoms with Gasteiger partial charge in [0.15, 0.2) is 0 Å². The van der Waals surface area contributed by atoms with Gasteiger partial charge >= 0.3 is 6.18 Å². The van der Waals surface area contributed by atoms with Gasteiger partial charge in [-0.25, -0.2) is 4.85 Å². The number of nitrogens with zero attached hydrogens (tertiary/aromatic N) is 4. The van der Waals surface area contributed by atoms with Crippen molar-refractivity contribution in [2.75, 3.05) is 0 Å². The lowest BCUT2D eigenvalue weighted by Gasteiger charge is -2.23. The van der Waals surface area contributed by atoms with Gasteiger partial charge in [0.2, 0.25) is 5.69 Å². The number of aromatic nitrogens is 2. The molecule has 0 unspecified atom stereocenters. The molecule has 7 heteroatoms. The summed E-state index contributed by atoms with van der Waals surface area (Å²) >= 11 is 0. The van der Waals surface area contributed by atoms with Crippen LogP contribution >= 0.6 is 0 Å². The summed E-state index contributed by atoms with van der Waals surface area (Å²) in [5, 5.41) is 14.3. The van der Waals surface area contributed by atoms with Crippen molar-refractivity contribution in [2.24, 2.45) is 0 Å². The number of benzene rings is 10. The Morgan fingerprint density at radius 2 is 0.811 bits per heavy atom. The molecule has 0 saturated heterocycles. The molecule has 0 aliphatic rings. The minimum atomic E-state index is -4.83.